The number of ether oxygens (including phenoxy) is 2. The van der Waals surface area contributed by atoms with Gasteiger partial charge in [-0.3, -0.25) is 9.59 Å². The minimum atomic E-state index is -0.245. The monoisotopic (exact) mass is 356 g/mol. The fourth-order valence-electron chi connectivity index (χ4n) is 2.34. The second-order valence-electron chi connectivity index (χ2n) is 5.58. The van der Waals surface area contributed by atoms with Crippen molar-refractivity contribution in [1.29, 1.82) is 0 Å². The summed E-state index contributed by atoms with van der Waals surface area (Å²) in [4.78, 5) is 23.5. The van der Waals surface area contributed by atoms with E-state index >= 15 is 0 Å². The van der Waals surface area contributed by atoms with Gasteiger partial charge in [0.15, 0.2) is 0 Å². The zero-order chi connectivity index (χ0) is 18.9. The van der Waals surface area contributed by atoms with Gasteiger partial charge in [0.25, 0.3) is 5.91 Å². The molecule has 2 aromatic carbocycles. The van der Waals surface area contributed by atoms with Crippen molar-refractivity contribution in [2.24, 2.45) is 0 Å². The maximum Gasteiger partial charge on any atom is 0.255 e. The van der Waals surface area contributed by atoms with Gasteiger partial charge in [0.2, 0.25) is 5.91 Å². The van der Waals surface area contributed by atoms with Crippen molar-refractivity contribution in [3.8, 4) is 11.5 Å². The predicted molar refractivity (Wildman–Crippen MR) is 101 cm³/mol. The number of anilines is 1. The van der Waals surface area contributed by atoms with E-state index in [0.717, 1.165) is 5.56 Å². The third-order valence-corrected chi connectivity index (χ3v) is 3.57. The second kappa shape index (κ2) is 9.46. The lowest BCUT2D eigenvalue weighted by Gasteiger charge is -2.14. The highest BCUT2D eigenvalue weighted by molar-refractivity contribution is 6.05. The van der Waals surface area contributed by atoms with Crippen molar-refractivity contribution in [3.05, 3.63) is 53.6 Å². The molecular formula is C20H24N2O4. The van der Waals surface area contributed by atoms with Crippen LogP contribution in [0.15, 0.2) is 42.5 Å². The molecule has 0 aliphatic heterocycles. The lowest BCUT2D eigenvalue weighted by molar-refractivity contribution is -0.119. The lowest BCUT2D eigenvalue weighted by atomic mass is 10.1. The summed E-state index contributed by atoms with van der Waals surface area (Å²) in [5.74, 6) is 0.915. The fraction of sp³-hybridized carbons (Fsp3) is 0.300. The molecule has 0 unspecified atom stereocenters. The number of nitrogens with one attached hydrogen (secondary N) is 2. The Kier molecular flexibility index (Phi) is 7.02. The molecule has 138 valence electrons. The summed E-state index contributed by atoms with van der Waals surface area (Å²) in [7, 11) is 0. The van der Waals surface area contributed by atoms with Crippen molar-refractivity contribution in [2.75, 3.05) is 18.5 Å². The van der Waals surface area contributed by atoms with E-state index < -0.39 is 0 Å². The van der Waals surface area contributed by atoms with Crippen LogP contribution in [0.2, 0.25) is 0 Å². The topological polar surface area (TPSA) is 76.7 Å². The molecule has 0 fully saturated rings. The predicted octanol–water partition coefficient (Wildman–Crippen LogP) is 3.37. The minimum Gasteiger partial charge on any atom is -0.494 e. The minimum absolute atomic E-state index is 0.0931. The molecule has 0 aromatic heterocycles. The molecule has 0 heterocycles. The number of hydrogen-bond acceptors (Lipinski definition) is 4. The molecule has 6 nitrogen and oxygen atoms in total. The first-order chi connectivity index (χ1) is 12.5. The van der Waals surface area contributed by atoms with Crippen LogP contribution in [-0.2, 0) is 11.3 Å². The molecule has 0 radical (unpaired) electrons. The molecule has 0 aliphatic rings. The Hall–Kier alpha value is -3.02. The second-order valence-corrected chi connectivity index (χ2v) is 5.58. The first kappa shape index (κ1) is 19.3. The summed E-state index contributed by atoms with van der Waals surface area (Å²) >= 11 is 0. The van der Waals surface area contributed by atoms with Crippen LogP contribution in [0.4, 0.5) is 5.69 Å². The molecule has 2 aromatic rings. The van der Waals surface area contributed by atoms with Crippen molar-refractivity contribution in [1.82, 2.24) is 5.32 Å². The van der Waals surface area contributed by atoms with E-state index in [0.29, 0.717) is 42.5 Å². The molecule has 0 atom stereocenters. The average Bonchev–Trinajstić information content (AvgIpc) is 2.63. The number of hydrogen-bond donors (Lipinski definition) is 2. The fourth-order valence-corrected chi connectivity index (χ4v) is 2.34. The standard InChI is InChI=1S/C20H24N2O4/c1-4-25-17-10-11-19(26-5-2)18(12-17)22-20(24)16-8-6-15(7-9-16)13-21-14(3)23/h6-12H,4-5,13H2,1-3H3,(H,21,23)(H,22,24). The van der Waals surface area contributed by atoms with E-state index in [1.54, 1.807) is 30.3 Å². The summed E-state index contributed by atoms with van der Waals surface area (Å²) < 4.78 is 11.1. The quantitative estimate of drug-likeness (QED) is 0.760. The Morgan fingerprint density at radius 1 is 0.962 bits per heavy atom. The van der Waals surface area contributed by atoms with Gasteiger partial charge < -0.3 is 20.1 Å². The average molecular weight is 356 g/mol. The highest BCUT2D eigenvalue weighted by Crippen LogP contribution is 2.30. The molecule has 26 heavy (non-hydrogen) atoms. The van der Waals surface area contributed by atoms with Crippen LogP contribution < -0.4 is 20.1 Å². The van der Waals surface area contributed by atoms with E-state index in [2.05, 4.69) is 10.6 Å². The Morgan fingerprint density at radius 2 is 1.65 bits per heavy atom. The third kappa shape index (κ3) is 5.51. The molecule has 0 saturated carbocycles. The third-order valence-electron chi connectivity index (χ3n) is 3.57. The van der Waals surface area contributed by atoms with Crippen LogP contribution in [0.3, 0.4) is 0 Å². The maximum atomic E-state index is 12.5. The Labute approximate surface area is 153 Å². The zero-order valence-electron chi connectivity index (χ0n) is 15.3. The summed E-state index contributed by atoms with van der Waals surface area (Å²) in [6.07, 6.45) is 0. The van der Waals surface area contributed by atoms with E-state index in [1.807, 2.05) is 26.0 Å². The van der Waals surface area contributed by atoms with Crippen LogP contribution in [0.5, 0.6) is 11.5 Å². The van der Waals surface area contributed by atoms with Gasteiger partial charge in [-0.15, -0.1) is 0 Å². The van der Waals surface area contributed by atoms with E-state index in [-0.39, 0.29) is 11.8 Å². The Bertz CT molecular complexity index is 757. The van der Waals surface area contributed by atoms with Gasteiger partial charge in [-0.2, -0.15) is 0 Å². The van der Waals surface area contributed by atoms with Gasteiger partial charge in [-0.25, -0.2) is 0 Å². The zero-order valence-corrected chi connectivity index (χ0v) is 15.3. The number of carbonyl (C=O) groups excluding carboxylic acids is 2. The van der Waals surface area contributed by atoms with Gasteiger partial charge >= 0.3 is 0 Å². The highest BCUT2D eigenvalue weighted by Gasteiger charge is 2.11. The highest BCUT2D eigenvalue weighted by atomic mass is 16.5. The van der Waals surface area contributed by atoms with E-state index in [1.165, 1.54) is 6.92 Å². The van der Waals surface area contributed by atoms with Crippen LogP contribution >= 0.6 is 0 Å². The van der Waals surface area contributed by atoms with Gasteiger partial charge in [-0.05, 0) is 43.7 Å². The smallest absolute Gasteiger partial charge is 0.255 e. The van der Waals surface area contributed by atoms with Gasteiger partial charge in [0.1, 0.15) is 11.5 Å². The SMILES string of the molecule is CCOc1ccc(OCC)c(NC(=O)c2ccc(CNC(C)=O)cc2)c1. The van der Waals surface area contributed by atoms with Crippen LogP contribution in [0.1, 0.15) is 36.7 Å². The number of carbonyl (C=O) groups is 2. The van der Waals surface area contributed by atoms with E-state index in [4.69, 9.17) is 9.47 Å². The molecule has 0 spiro atoms. The summed E-state index contributed by atoms with van der Waals surface area (Å²) in [5, 5.41) is 5.59. The molecule has 2 amide bonds. The summed E-state index contributed by atoms with van der Waals surface area (Å²) in [5.41, 5.74) is 2.00. The van der Waals surface area contributed by atoms with Crippen molar-refractivity contribution in [3.63, 3.8) is 0 Å². The van der Waals surface area contributed by atoms with Crippen molar-refractivity contribution in [2.45, 2.75) is 27.3 Å². The summed E-state index contributed by atoms with van der Waals surface area (Å²) in [6, 6.07) is 12.4. The van der Waals surface area contributed by atoms with Gasteiger partial charge in [0, 0.05) is 25.1 Å². The number of benzene rings is 2. The van der Waals surface area contributed by atoms with Crippen LogP contribution in [-0.4, -0.2) is 25.0 Å². The number of rotatable bonds is 8. The molecule has 2 rings (SSSR count). The van der Waals surface area contributed by atoms with Gasteiger partial charge in [-0.1, -0.05) is 12.1 Å². The molecule has 0 aliphatic carbocycles. The first-order valence-corrected chi connectivity index (χ1v) is 8.57. The summed E-state index contributed by atoms with van der Waals surface area (Å²) in [6.45, 7) is 6.72. The molecule has 2 N–H and O–H groups in total. The Morgan fingerprint density at radius 3 is 2.27 bits per heavy atom. The molecular weight excluding hydrogens is 332 g/mol. The first-order valence-electron chi connectivity index (χ1n) is 8.57. The lowest BCUT2D eigenvalue weighted by Crippen LogP contribution is -2.19. The van der Waals surface area contributed by atoms with Crippen molar-refractivity contribution < 1.29 is 19.1 Å². The normalized spacial score (nSPS) is 10.1. The largest absolute Gasteiger partial charge is 0.494 e. The van der Waals surface area contributed by atoms with E-state index in [9.17, 15) is 9.59 Å². The van der Waals surface area contributed by atoms with Gasteiger partial charge in [0.05, 0.1) is 18.9 Å². The van der Waals surface area contributed by atoms with Crippen LogP contribution in [0.25, 0.3) is 0 Å². The van der Waals surface area contributed by atoms with Crippen LogP contribution in [0, 0.1) is 0 Å². The van der Waals surface area contributed by atoms with Crippen molar-refractivity contribution >= 4 is 17.5 Å². The Balaban J connectivity index is 2.12. The molecule has 0 saturated heterocycles. The molecule has 0 bridgehead atoms. The molecule has 6 heteroatoms. The number of amides is 2. The maximum absolute atomic E-state index is 12.5.